The van der Waals surface area contributed by atoms with E-state index in [-0.39, 0.29) is 18.1 Å². The van der Waals surface area contributed by atoms with Gasteiger partial charge in [0.05, 0.1) is 0 Å². The molecule has 1 heterocycles. The molecule has 0 radical (unpaired) electrons. The van der Waals surface area contributed by atoms with E-state index in [1.807, 2.05) is 0 Å². The predicted octanol–water partition coefficient (Wildman–Crippen LogP) is -0.667. The Morgan fingerprint density at radius 2 is 2.36 bits per heavy atom. The molecule has 0 spiro atoms. The number of nitrogens with two attached hydrogens (primary N) is 2. The molecule has 0 saturated carbocycles. The highest BCUT2D eigenvalue weighted by Crippen LogP contribution is 1.99. The minimum absolute atomic E-state index is 0.162. The van der Waals surface area contributed by atoms with Gasteiger partial charge in [0.1, 0.15) is 0 Å². The van der Waals surface area contributed by atoms with Crippen molar-refractivity contribution in [2.45, 2.75) is 6.04 Å². The first-order chi connectivity index (χ1) is 5.25. The molecule has 5 N–H and O–H groups in total. The number of hydrogen-bond acceptors (Lipinski definition) is 3. The van der Waals surface area contributed by atoms with Crippen LogP contribution in [0.1, 0.15) is 11.6 Å². The molecule has 1 rings (SSSR count). The van der Waals surface area contributed by atoms with Crippen molar-refractivity contribution in [2.75, 3.05) is 6.54 Å². The molecule has 4 heteroatoms. The Morgan fingerprint density at radius 3 is 2.91 bits per heavy atom. The summed E-state index contributed by atoms with van der Waals surface area (Å²) in [5.41, 5.74) is 11.2. The second-order valence-corrected chi connectivity index (χ2v) is 2.30. The zero-order valence-corrected chi connectivity index (χ0v) is 6.08. The summed E-state index contributed by atoms with van der Waals surface area (Å²) in [4.78, 5) is 13.6. The highest BCUT2D eigenvalue weighted by molar-refractivity contribution is 5.13. The zero-order valence-electron chi connectivity index (χ0n) is 6.08. The van der Waals surface area contributed by atoms with Gasteiger partial charge in [-0.1, -0.05) is 6.07 Å². The molecule has 1 unspecified atom stereocenters. The quantitative estimate of drug-likeness (QED) is 0.527. The van der Waals surface area contributed by atoms with E-state index >= 15 is 0 Å². The Bertz CT molecular complexity index is 281. The van der Waals surface area contributed by atoms with Gasteiger partial charge in [0.2, 0.25) is 0 Å². The molecule has 0 aliphatic heterocycles. The fourth-order valence-electron chi connectivity index (χ4n) is 0.854. The number of rotatable bonds is 2. The summed E-state index contributed by atoms with van der Waals surface area (Å²) >= 11 is 0. The first-order valence-corrected chi connectivity index (χ1v) is 3.39. The van der Waals surface area contributed by atoms with Gasteiger partial charge in [-0.05, 0) is 6.07 Å². The van der Waals surface area contributed by atoms with Gasteiger partial charge in [-0.3, -0.25) is 4.79 Å². The lowest BCUT2D eigenvalue weighted by Crippen LogP contribution is -2.27. The number of hydrogen-bond donors (Lipinski definition) is 3. The van der Waals surface area contributed by atoms with E-state index in [1.54, 1.807) is 18.3 Å². The summed E-state index contributed by atoms with van der Waals surface area (Å²) in [6, 6.07) is 3.04. The van der Waals surface area contributed by atoms with Crippen LogP contribution in [0.15, 0.2) is 23.1 Å². The van der Waals surface area contributed by atoms with Crippen molar-refractivity contribution in [3.8, 4) is 0 Å². The highest BCUT2D eigenvalue weighted by atomic mass is 16.1. The van der Waals surface area contributed by atoms with Crippen LogP contribution in [0.25, 0.3) is 0 Å². The molecular weight excluding hydrogens is 142 g/mol. The summed E-state index contributed by atoms with van der Waals surface area (Å²) < 4.78 is 0. The molecule has 1 atom stereocenters. The van der Waals surface area contributed by atoms with E-state index < -0.39 is 0 Å². The standard InChI is InChI=1S/C7H11N3O/c8-4-6(9)5-2-1-3-10-7(5)11/h1-3,6H,4,8-9H2,(H,10,11). The van der Waals surface area contributed by atoms with Crippen molar-refractivity contribution in [3.05, 3.63) is 34.2 Å². The van der Waals surface area contributed by atoms with E-state index in [0.29, 0.717) is 5.56 Å². The van der Waals surface area contributed by atoms with Crippen LogP contribution >= 0.6 is 0 Å². The average Bonchev–Trinajstić information content (AvgIpc) is 2.04. The van der Waals surface area contributed by atoms with Gasteiger partial charge in [-0.2, -0.15) is 0 Å². The SMILES string of the molecule is NCC(N)c1ccc[nH]c1=O. The molecular formula is C7H11N3O. The Morgan fingerprint density at radius 1 is 1.64 bits per heavy atom. The first-order valence-electron chi connectivity index (χ1n) is 3.39. The van der Waals surface area contributed by atoms with Crippen LogP contribution in [0, 0.1) is 0 Å². The number of nitrogens with one attached hydrogen (secondary N) is 1. The fraction of sp³-hybridized carbons (Fsp3) is 0.286. The predicted molar refractivity (Wildman–Crippen MR) is 43.0 cm³/mol. The van der Waals surface area contributed by atoms with Gasteiger partial charge in [-0.25, -0.2) is 0 Å². The third-order valence-corrected chi connectivity index (χ3v) is 1.50. The van der Waals surface area contributed by atoms with Crippen molar-refractivity contribution >= 4 is 0 Å². The Kier molecular flexibility index (Phi) is 2.40. The van der Waals surface area contributed by atoms with Gasteiger partial charge in [-0.15, -0.1) is 0 Å². The van der Waals surface area contributed by atoms with Gasteiger partial charge >= 0.3 is 0 Å². The third-order valence-electron chi connectivity index (χ3n) is 1.50. The van der Waals surface area contributed by atoms with Gasteiger partial charge in [0.15, 0.2) is 0 Å². The first kappa shape index (κ1) is 7.97. The molecule has 1 aromatic heterocycles. The lowest BCUT2D eigenvalue weighted by atomic mass is 10.1. The number of H-pyrrole nitrogens is 1. The summed E-state index contributed by atoms with van der Waals surface area (Å²) in [6.07, 6.45) is 1.56. The maximum atomic E-state index is 11.0. The molecule has 60 valence electrons. The van der Waals surface area contributed by atoms with Crippen LogP contribution in [0.4, 0.5) is 0 Å². The van der Waals surface area contributed by atoms with Gasteiger partial charge < -0.3 is 16.5 Å². The lowest BCUT2D eigenvalue weighted by Gasteiger charge is -2.05. The van der Waals surface area contributed by atoms with Crippen LogP contribution in [0.2, 0.25) is 0 Å². The molecule has 4 nitrogen and oxygen atoms in total. The molecule has 0 bridgehead atoms. The van der Waals surface area contributed by atoms with Crippen LogP contribution < -0.4 is 17.0 Å². The van der Waals surface area contributed by atoms with Crippen LogP contribution in [-0.2, 0) is 0 Å². The van der Waals surface area contributed by atoms with Crippen molar-refractivity contribution in [2.24, 2.45) is 11.5 Å². The molecule has 0 aliphatic carbocycles. The normalized spacial score (nSPS) is 12.9. The zero-order chi connectivity index (χ0) is 8.27. The van der Waals surface area contributed by atoms with E-state index in [1.165, 1.54) is 0 Å². The number of aromatic amines is 1. The van der Waals surface area contributed by atoms with Crippen LogP contribution in [0.3, 0.4) is 0 Å². The van der Waals surface area contributed by atoms with Crippen LogP contribution in [0.5, 0.6) is 0 Å². The average molecular weight is 153 g/mol. The summed E-state index contributed by atoms with van der Waals surface area (Å²) in [5.74, 6) is 0. The molecule has 0 aliphatic rings. The maximum Gasteiger partial charge on any atom is 0.252 e. The smallest absolute Gasteiger partial charge is 0.252 e. The minimum atomic E-state index is -0.361. The van der Waals surface area contributed by atoms with Crippen molar-refractivity contribution < 1.29 is 0 Å². The topological polar surface area (TPSA) is 84.9 Å². The summed E-state index contributed by atoms with van der Waals surface area (Å²) in [5, 5.41) is 0. The molecule has 0 amide bonds. The molecule has 0 fully saturated rings. The van der Waals surface area contributed by atoms with Gasteiger partial charge in [0.25, 0.3) is 5.56 Å². The van der Waals surface area contributed by atoms with E-state index in [4.69, 9.17) is 11.5 Å². The summed E-state index contributed by atoms with van der Waals surface area (Å²) in [7, 11) is 0. The Balaban J connectivity index is 3.03. The maximum absolute atomic E-state index is 11.0. The molecule has 0 saturated heterocycles. The second kappa shape index (κ2) is 3.32. The number of pyridine rings is 1. The number of aromatic nitrogens is 1. The lowest BCUT2D eigenvalue weighted by molar-refractivity contribution is 0.725. The second-order valence-electron chi connectivity index (χ2n) is 2.30. The summed E-state index contributed by atoms with van der Waals surface area (Å²) in [6.45, 7) is 0.285. The van der Waals surface area contributed by atoms with Crippen molar-refractivity contribution in [1.82, 2.24) is 4.98 Å². The fourth-order valence-corrected chi connectivity index (χ4v) is 0.854. The van der Waals surface area contributed by atoms with Crippen LogP contribution in [-0.4, -0.2) is 11.5 Å². The minimum Gasteiger partial charge on any atom is -0.329 e. The van der Waals surface area contributed by atoms with E-state index in [0.717, 1.165) is 0 Å². The Labute approximate surface area is 64.2 Å². The van der Waals surface area contributed by atoms with Crippen molar-refractivity contribution in [3.63, 3.8) is 0 Å². The Hall–Kier alpha value is -1.13. The monoisotopic (exact) mass is 153 g/mol. The van der Waals surface area contributed by atoms with Gasteiger partial charge in [0, 0.05) is 24.3 Å². The van der Waals surface area contributed by atoms with Crippen molar-refractivity contribution in [1.29, 1.82) is 0 Å². The van der Waals surface area contributed by atoms with E-state index in [9.17, 15) is 4.79 Å². The third kappa shape index (κ3) is 1.66. The molecule has 11 heavy (non-hydrogen) atoms. The molecule has 0 aromatic carbocycles. The van der Waals surface area contributed by atoms with E-state index in [2.05, 4.69) is 4.98 Å². The largest absolute Gasteiger partial charge is 0.329 e. The highest BCUT2D eigenvalue weighted by Gasteiger charge is 2.05. The molecule has 1 aromatic rings.